The highest BCUT2D eigenvalue weighted by molar-refractivity contribution is 5.52. The molecule has 0 atom stereocenters. The average molecular weight is 222 g/mol. The van der Waals surface area contributed by atoms with Crippen LogP contribution < -0.4 is 10.6 Å². The Morgan fingerprint density at radius 3 is 2.69 bits per heavy atom. The second-order valence-corrected chi connectivity index (χ2v) is 5.09. The maximum atomic E-state index is 13.4. The number of rotatable bonds is 2. The lowest BCUT2D eigenvalue weighted by Crippen LogP contribution is -2.38. The number of nitrogens with zero attached hydrogens (tertiary/aromatic N) is 1. The first kappa shape index (κ1) is 11.4. The lowest BCUT2D eigenvalue weighted by Gasteiger charge is -2.34. The molecule has 2 nitrogen and oxygen atoms in total. The van der Waals surface area contributed by atoms with Crippen LogP contribution in [0.4, 0.5) is 10.1 Å². The van der Waals surface area contributed by atoms with Crippen molar-refractivity contribution >= 4 is 5.69 Å². The molecule has 0 radical (unpaired) electrons. The average Bonchev–Trinajstić information content (AvgIpc) is 2.57. The quantitative estimate of drug-likeness (QED) is 0.833. The van der Waals surface area contributed by atoms with Crippen molar-refractivity contribution in [3.05, 3.63) is 29.6 Å². The molecule has 2 rings (SSSR count). The minimum Gasteiger partial charge on any atom is -0.366 e. The van der Waals surface area contributed by atoms with Crippen molar-refractivity contribution in [3.63, 3.8) is 0 Å². The molecule has 0 saturated carbocycles. The van der Waals surface area contributed by atoms with Gasteiger partial charge >= 0.3 is 0 Å². The van der Waals surface area contributed by atoms with Crippen molar-refractivity contribution in [2.45, 2.75) is 38.8 Å². The van der Waals surface area contributed by atoms with Crippen LogP contribution in [0.2, 0.25) is 0 Å². The molecule has 1 aliphatic heterocycles. The molecule has 0 bridgehead atoms. The van der Waals surface area contributed by atoms with Crippen LogP contribution >= 0.6 is 0 Å². The van der Waals surface area contributed by atoms with Crippen molar-refractivity contribution < 1.29 is 4.39 Å². The summed E-state index contributed by atoms with van der Waals surface area (Å²) < 4.78 is 13.4. The van der Waals surface area contributed by atoms with Gasteiger partial charge in [-0.3, -0.25) is 0 Å². The highest BCUT2D eigenvalue weighted by Crippen LogP contribution is 2.34. The van der Waals surface area contributed by atoms with Crippen LogP contribution in [0.1, 0.15) is 32.3 Å². The third kappa shape index (κ3) is 2.05. The first-order chi connectivity index (χ1) is 7.53. The smallest absolute Gasteiger partial charge is 0.125 e. The van der Waals surface area contributed by atoms with Crippen molar-refractivity contribution in [1.29, 1.82) is 0 Å². The fraction of sp³-hybridized carbons (Fsp3) is 0.538. The predicted octanol–water partition coefficient (Wildman–Crippen LogP) is 2.66. The molecule has 1 aliphatic rings. The van der Waals surface area contributed by atoms with Gasteiger partial charge in [0.05, 0.1) is 0 Å². The Balaban J connectivity index is 2.36. The van der Waals surface area contributed by atoms with E-state index in [0.29, 0.717) is 6.54 Å². The number of benzene rings is 1. The zero-order valence-corrected chi connectivity index (χ0v) is 9.96. The van der Waals surface area contributed by atoms with Crippen LogP contribution in [0, 0.1) is 5.82 Å². The number of hydrogen-bond acceptors (Lipinski definition) is 2. The first-order valence-corrected chi connectivity index (χ1v) is 5.80. The fourth-order valence-electron chi connectivity index (χ4n) is 2.49. The van der Waals surface area contributed by atoms with E-state index < -0.39 is 0 Å². The van der Waals surface area contributed by atoms with Gasteiger partial charge in [-0.15, -0.1) is 0 Å². The Morgan fingerprint density at radius 1 is 1.38 bits per heavy atom. The minimum atomic E-state index is -0.194. The van der Waals surface area contributed by atoms with Crippen LogP contribution in [0.3, 0.4) is 0 Å². The molecule has 0 amide bonds. The van der Waals surface area contributed by atoms with Crippen LogP contribution in [0.15, 0.2) is 18.2 Å². The zero-order valence-electron chi connectivity index (χ0n) is 9.96. The molecule has 1 heterocycles. The predicted molar refractivity (Wildman–Crippen MR) is 65.0 cm³/mol. The highest BCUT2D eigenvalue weighted by atomic mass is 19.1. The molecule has 0 aliphatic carbocycles. The zero-order chi connectivity index (χ0) is 11.8. The largest absolute Gasteiger partial charge is 0.366 e. The van der Waals surface area contributed by atoms with E-state index in [-0.39, 0.29) is 11.4 Å². The van der Waals surface area contributed by atoms with Crippen molar-refractivity contribution in [2.24, 2.45) is 5.73 Å². The van der Waals surface area contributed by atoms with Gasteiger partial charge in [-0.2, -0.15) is 0 Å². The van der Waals surface area contributed by atoms with Gasteiger partial charge in [0.25, 0.3) is 0 Å². The molecule has 0 spiro atoms. The topological polar surface area (TPSA) is 29.3 Å². The molecule has 1 fully saturated rings. The number of hydrogen-bond donors (Lipinski definition) is 1. The van der Waals surface area contributed by atoms with Crippen molar-refractivity contribution in [1.82, 2.24) is 0 Å². The van der Waals surface area contributed by atoms with Gasteiger partial charge in [0, 0.05) is 24.3 Å². The summed E-state index contributed by atoms with van der Waals surface area (Å²) in [5, 5.41) is 0. The number of anilines is 1. The van der Waals surface area contributed by atoms with Crippen LogP contribution in [-0.4, -0.2) is 12.1 Å². The summed E-state index contributed by atoms with van der Waals surface area (Å²) in [6.45, 7) is 5.79. The Hall–Kier alpha value is -1.09. The molecule has 16 heavy (non-hydrogen) atoms. The van der Waals surface area contributed by atoms with E-state index in [9.17, 15) is 4.39 Å². The van der Waals surface area contributed by atoms with E-state index in [4.69, 9.17) is 5.73 Å². The monoisotopic (exact) mass is 222 g/mol. The second kappa shape index (κ2) is 4.06. The minimum absolute atomic E-state index is 0.125. The van der Waals surface area contributed by atoms with E-state index in [0.717, 1.165) is 24.2 Å². The van der Waals surface area contributed by atoms with E-state index >= 15 is 0 Å². The standard InChI is InChI=1S/C13H19FN2/c1-13(2)4-3-5-16(13)12-7-10(9-15)6-11(14)8-12/h6-8H,3-5,9,15H2,1-2H3. The van der Waals surface area contributed by atoms with Crippen molar-refractivity contribution in [2.75, 3.05) is 11.4 Å². The third-order valence-electron chi connectivity index (χ3n) is 3.39. The number of nitrogens with two attached hydrogens (primary N) is 1. The SMILES string of the molecule is CC1(C)CCCN1c1cc(F)cc(CN)c1. The van der Waals surface area contributed by atoms with Gasteiger partial charge in [-0.1, -0.05) is 0 Å². The summed E-state index contributed by atoms with van der Waals surface area (Å²) in [5.41, 5.74) is 7.51. The van der Waals surface area contributed by atoms with E-state index in [1.165, 1.54) is 12.5 Å². The summed E-state index contributed by atoms with van der Waals surface area (Å²) in [6.07, 6.45) is 2.32. The highest BCUT2D eigenvalue weighted by Gasteiger charge is 2.32. The first-order valence-electron chi connectivity index (χ1n) is 5.80. The number of halogens is 1. The van der Waals surface area contributed by atoms with Crippen molar-refractivity contribution in [3.8, 4) is 0 Å². The normalized spacial score (nSPS) is 19.1. The Kier molecular flexibility index (Phi) is 2.89. The maximum Gasteiger partial charge on any atom is 0.125 e. The van der Waals surface area contributed by atoms with Crippen LogP contribution in [0.25, 0.3) is 0 Å². The summed E-state index contributed by atoms with van der Waals surface area (Å²) in [4.78, 5) is 2.27. The van der Waals surface area contributed by atoms with Gasteiger partial charge in [0.15, 0.2) is 0 Å². The lowest BCUT2D eigenvalue weighted by molar-refractivity contribution is 0.516. The van der Waals surface area contributed by atoms with E-state index in [2.05, 4.69) is 18.7 Å². The lowest BCUT2D eigenvalue weighted by atomic mass is 10.0. The molecule has 88 valence electrons. The second-order valence-electron chi connectivity index (χ2n) is 5.09. The van der Waals surface area contributed by atoms with Gasteiger partial charge < -0.3 is 10.6 Å². The van der Waals surface area contributed by atoms with Crippen LogP contribution in [0.5, 0.6) is 0 Å². The van der Waals surface area contributed by atoms with Gasteiger partial charge in [0.1, 0.15) is 5.82 Å². The summed E-state index contributed by atoms with van der Waals surface area (Å²) in [6, 6.07) is 5.11. The molecule has 1 aromatic carbocycles. The van der Waals surface area contributed by atoms with E-state index in [1.807, 2.05) is 6.07 Å². The molecule has 0 unspecified atom stereocenters. The molecular formula is C13H19FN2. The Bertz CT molecular complexity index is 388. The molecule has 1 saturated heterocycles. The Labute approximate surface area is 96.2 Å². The summed E-state index contributed by atoms with van der Waals surface area (Å²) in [7, 11) is 0. The Morgan fingerprint density at radius 2 is 2.12 bits per heavy atom. The van der Waals surface area contributed by atoms with E-state index in [1.54, 1.807) is 6.07 Å². The van der Waals surface area contributed by atoms with Gasteiger partial charge in [-0.05, 0) is 50.5 Å². The molecular weight excluding hydrogens is 203 g/mol. The summed E-state index contributed by atoms with van der Waals surface area (Å²) >= 11 is 0. The molecule has 3 heteroatoms. The molecule has 2 N–H and O–H groups in total. The maximum absolute atomic E-state index is 13.4. The third-order valence-corrected chi connectivity index (χ3v) is 3.39. The van der Waals surface area contributed by atoms with Crippen LogP contribution in [-0.2, 0) is 6.54 Å². The summed E-state index contributed by atoms with van der Waals surface area (Å²) in [5.74, 6) is -0.194. The van der Waals surface area contributed by atoms with Gasteiger partial charge in [0.2, 0.25) is 0 Å². The fourth-order valence-corrected chi connectivity index (χ4v) is 2.49. The molecule has 0 aromatic heterocycles. The molecule has 1 aromatic rings. The van der Waals surface area contributed by atoms with Gasteiger partial charge in [-0.25, -0.2) is 4.39 Å².